The second-order valence-electron chi connectivity index (χ2n) is 7.72. The van der Waals surface area contributed by atoms with Gasteiger partial charge in [-0.2, -0.15) is 0 Å². The molecule has 1 fully saturated rings. The molecule has 0 aromatic heterocycles. The molecule has 1 aromatic rings. The monoisotopic (exact) mass is 320 g/mol. The fourth-order valence-electron chi connectivity index (χ4n) is 3.26. The summed E-state index contributed by atoms with van der Waals surface area (Å²) < 4.78 is 10.6. The average molecular weight is 320 g/mol. The van der Waals surface area contributed by atoms with Gasteiger partial charge in [-0.05, 0) is 56.2 Å². The molecule has 0 heterocycles. The van der Waals surface area contributed by atoms with Crippen LogP contribution in [-0.4, -0.2) is 25.3 Å². The largest absolute Gasteiger partial charge is 0.497 e. The van der Waals surface area contributed by atoms with Gasteiger partial charge >= 0.3 is 6.09 Å². The standard InChI is InChI=1S/C18H28N2O3/c1-17(2,3)23-16(21)20-14-9-11(22-6)7-8-12(14)15-13(10-19)18(15,4)5/h7-9,13,15H,10,19H2,1-6H3,(H,20,21). The van der Waals surface area contributed by atoms with Gasteiger partial charge < -0.3 is 15.2 Å². The minimum Gasteiger partial charge on any atom is -0.497 e. The summed E-state index contributed by atoms with van der Waals surface area (Å²) >= 11 is 0. The molecule has 1 aromatic carbocycles. The number of rotatable bonds is 4. The number of nitrogens with one attached hydrogen (secondary N) is 1. The van der Waals surface area contributed by atoms with Gasteiger partial charge in [-0.15, -0.1) is 0 Å². The van der Waals surface area contributed by atoms with Crippen molar-refractivity contribution in [1.82, 2.24) is 0 Å². The lowest BCUT2D eigenvalue weighted by atomic mass is 10.0. The molecule has 1 amide bonds. The number of anilines is 1. The number of hydrogen-bond donors (Lipinski definition) is 2. The first-order valence-electron chi connectivity index (χ1n) is 7.98. The summed E-state index contributed by atoms with van der Waals surface area (Å²) in [5.74, 6) is 1.43. The molecule has 5 nitrogen and oxygen atoms in total. The van der Waals surface area contributed by atoms with E-state index in [1.54, 1.807) is 7.11 Å². The second kappa shape index (κ2) is 6.04. The highest BCUT2D eigenvalue weighted by Crippen LogP contribution is 2.65. The highest BCUT2D eigenvalue weighted by atomic mass is 16.6. The topological polar surface area (TPSA) is 73.6 Å². The normalized spacial score (nSPS) is 22.4. The molecular formula is C18H28N2O3. The van der Waals surface area contributed by atoms with E-state index in [0.29, 0.717) is 24.1 Å². The van der Waals surface area contributed by atoms with E-state index in [4.69, 9.17) is 15.2 Å². The summed E-state index contributed by atoms with van der Waals surface area (Å²) in [5, 5.41) is 2.86. The van der Waals surface area contributed by atoms with E-state index in [-0.39, 0.29) is 5.41 Å². The minimum atomic E-state index is -0.540. The van der Waals surface area contributed by atoms with Crippen LogP contribution in [0, 0.1) is 11.3 Å². The Morgan fingerprint density at radius 2 is 2.00 bits per heavy atom. The Kier molecular flexibility index (Phi) is 4.62. The van der Waals surface area contributed by atoms with Gasteiger partial charge in [0.05, 0.1) is 12.8 Å². The molecule has 2 unspecified atom stereocenters. The Bertz CT molecular complexity index is 590. The molecule has 0 radical (unpaired) electrons. The number of nitrogens with two attached hydrogens (primary N) is 1. The first kappa shape index (κ1) is 17.6. The summed E-state index contributed by atoms with van der Waals surface area (Å²) in [6.07, 6.45) is -0.463. The van der Waals surface area contributed by atoms with Crippen LogP contribution in [0.3, 0.4) is 0 Å². The van der Waals surface area contributed by atoms with E-state index < -0.39 is 11.7 Å². The van der Waals surface area contributed by atoms with Crippen LogP contribution >= 0.6 is 0 Å². The number of amides is 1. The number of carbonyl (C=O) groups excluding carboxylic acids is 1. The van der Waals surface area contributed by atoms with E-state index in [9.17, 15) is 4.79 Å². The highest BCUT2D eigenvalue weighted by Gasteiger charge is 2.57. The predicted molar refractivity (Wildman–Crippen MR) is 91.9 cm³/mol. The fourth-order valence-corrected chi connectivity index (χ4v) is 3.26. The summed E-state index contributed by atoms with van der Waals surface area (Å²) in [6, 6.07) is 5.76. The quantitative estimate of drug-likeness (QED) is 0.886. The van der Waals surface area contributed by atoms with Gasteiger partial charge in [-0.3, -0.25) is 5.32 Å². The lowest BCUT2D eigenvalue weighted by Crippen LogP contribution is -2.27. The lowest BCUT2D eigenvalue weighted by molar-refractivity contribution is 0.0635. The number of methoxy groups -OCH3 is 1. The van der Waals surface area contributed by atoms with E-state index >= 15 is 0 Å². The van der Waals surface area contributed by atoms with Crippen LogP contribution in [0.1, 0.15) is 46.1 Å². The van der Waals surface area contributed by atoms with E-state index in [1.165, 1.54) is 0 Å². The van der Waals surface area contributed by atoms with Gasteiger partial charge in [0.1, 0.15) is 11.4 Å². The van der Waals surface area contributed by atoms with Crippen molar-refractivity contribution >= 4 is 11.8 Å². The molecule has 1 saturated carbocycles. The Balaban J connectivity index is 2.28. The highest BCUT2D eigenvalue weighted by molar-refractivity contribution is 5.86. The van der Waals surface area contributed by atoms with Crippen molar-refractivity contribution in [3.8, 4) is 5.75 Å². The minimum absolute atomic E-state index is 0.133. The first-order chi connectivity index (χ1) is 10.6. The van der Waals surface area contributed by atoms with Gasteiger partial charge in [0.25, 0.3) is 0 Å². The van der Waals surface area contributed by atoms with Crippen LogP contribution < -0.4 is 15.8 Å². The number of benzene rings is 1. The van der Waals surface area contributed by atoms with Gasteiger partial charge in [0.15, 0.2) is 0 Å². The van der Waals surface area contributed by atoms with Crippen LogP contribution in [0.4, 0.5) is 10.5 Å². The smallest absolute Gasteiger partial charge is 0.412 e. The van der Waals surface area contributed by atoms with Gasteiger partial charge in [0, 0.05) is 6.07 Å². The van der Waals surface area contributed by atoms with Crippen molar-refractivity contribution in [2.24, 2.45) is 17.1 Å². The van der Waals surface area contributed by atoms with Crippen LogP contribution in [-0.2, 0) is 4.74 Å². The van der Waals surface area contributed by atoms with Crippen molar-refractivity contribution in [1.29, 1.82) is 0 Å². The zero-order valence-corrected chi connectivity index (χ0v) is 14.9. The second-order valence-corrected chi connectivity index (χ2v) is 7.72. The molecule has 2 atom stereocenters. The third kappa shape index (κ3) is 3.78. The molecular weight excluding hydrogens is 292 g/mol. The molecule has 1 aliphatic carbocycles. The third-order valence-corrected chi connectivity index (χ3v) is 4.54. The van der Waals surface area contributed by atoms with Crippen molar-refractivity contribution < 1.29 is 14.3 Å². The first-order valence-corrected chi connectivity index (χ1v) is 7.98. The van der Waals surface area contributed by atoms with Crippen molar-refractivity contribution in [2.45, 2.75) is 46.1 Å². The molecule has 0 bridgehead atoms. The Morgan fingerprint density at radius 3 is 2.48 bits per heavy atom. The lowest BCUT2D eigenvalue weighted by Gasteiger charge is -2.21. The van der Waals surface area contributed by atoms with Gasteiger partial charge in [-0.25, -0.2) is 4.79 Å². The van der Waals surface area contributed by atoms with Crippen LogP contribution in [0.5, 0.6) is 5.75 Å². The van der Waals surface area contributed by atoms with E-state index in [1.807, 2.05) is 39.0 Å². The fraction of sp³-hybridized carbons (Fsp3) is 0.611. The Hall–Kier alpha value is -1.75. The third-order valence-electron chi connectivity index (χ3n) is 4.54. The van der Waals surface area contributed by atoms with E-state index in [0.717, 1.165) is 11.3 Å². The summed E-state index contributed by atoms with van der Waals surface area (Å²) in [6.45, 7) is 10.6. The summed E-state index contributed by atoms with van der Waals surface area (Å²) in [7, 11) is 1.61. The predicted octanol–water partition coefficient (Wildman–Crippen LogP) is 3.74. The average Bonchev–Trinajstić information content (AvgIpc) is 2.97. The summed E-state index contributed by atoms with van der Waals surface area (Å²) in [4.78, 5) is 12.1. The maximum atomic E-state index is 12.1. The molecule has 2 rings (SSSR count). The molecule has 1 aliphatic rings. The van der Waals surface area contributed by atoms with Crippen molar-refractivity contribution in [3.05, 3.63) is 23.8 Å². The van der Waals surface area contributed by atoms with Crippen LogP contribution in [0.2, 0.25) is 0 Å². The zero-order chi connectivity index (χ0) is 17.4. The number of ether oxygens (including phenoxy) is 2. The van der Waals surface area contributed by atoms with Gasteiger partial charge in [0.2, 0.25) is 0 Å². The summed E-state index contributed by atoms with van der Waals surface area (Å²) in [5.41, 5.74) is 7.29. The molecule has 0 saturated heterocycles. The zero-order valence-electron chi connectivity index (χ0n) is 14.9. The Labute approximate surface area is 138 Å². The maximum Gasteiger partial charge on any atom is 0.412 e. The molecule has 128 valence electrons. The number of hydrogen-bond acceptors (Lipinski definition) is 4. The molecule has 0 aliphatic heterocycles. The van der Waals surface area contributed by atoms with Crippen molar-refractivity contribution in [3.63, 3.8) is 0 Å². The SMILES string of the molecule is COc1ccc(C2C(CN)C2(C)C)c(NC(=O)OC(C)(C)C)c1. The van der Waals surface area contributed by atoms with Crippen LogP contribution in [0.25, 0.3) is 0 Å². The van der Waals surface area contributed by atoms with E-state index in [2.05, 4.69) is 19.2 Å². The molecule has 0 spiro atoms. The number of carbonyl (C=O) groups is 1. The molecule has 23 heavy (non-hydrogen) atoms. The van der Waals surface area contributed by atoms with Gasteiger partial charge in [-0.1, -0.05) is 19.9 Å². The van der Waals surface area contributed by atoms with Crippen LogP contribution in [0.15, 0.2) is 18.2 Å². The maximum absolute atomic E-state index is 12.1. The molecule has 3 N–H and O–H groups in total. The van der Waals surface area contributed by atoms with Crippen molar-refractivity contribution in [2.75, 3.05) is 19.0 Å². The Morgan fingerprint density at radius 1 is 1.35 bits per heavy atom. The molecule has 5 heteroatoms.